The minimum absolute atomic E-state index is 0.0842. The average molecular weight is 325 g/mol. The lowest BCUT2D eigenvalue weighted by molar-refractivity contribution is 1.27. The Balaban J connectivity index is 2.46. The first-order chi connectivity index (χ1) is 9.59. The fourth-order valence-electron chi connectivity index (χ4n) is 2.13. The van der Waals surface area contributed by atoms with E-state index < -0.39 is 0 Å². The number of halogens is 3. The highest BCUT2D eigenvalue weighted by Crippen LogP contribution is 2.30. The summed E-state index contributed by atoms with van der Waals surface area (Å²) in [4.78, 5) is 12.4. The van der Waals surface area contributed by atoms with Crippen molar-refractivity contribution in [1.82, 2.24) is 4.09 Å². The lowest BCUT2D eigenvalue weighted by atomic mass is 10.1. The zero-order valence-corrected chi connectivity index (χ0v) is 12.4. The van der Waals surface area contributed by atoms with Gasteiger partial charge in [0.05, 0.1) is 16.6 Å². The van der Waals surface area contributed by atoms with Crippen LogP contribution in [0.5, 0.6) is 0 Å². The quantitative estimate of drug-likeness (QED) is 0.619. The molecule has 0 saturated heterocycles. The van der Waals surface area contributed by atoms with Gasteiger partial charge in [0.1, 0.15) is 5.02 Å². The van der Waals surface area contributed by atoms with Gasteiger partial charge in [-0.15, -0.1) is 0 Å². The van der Waals surface area contributed by atoms with Crippen molar-refractivity contribution in [3.63, 3.8) is 0 Å². The zero-order valence-electron chi connectivity index (χ0n) is 10.1. The van der Waals surface area contributed by atoms with Crippen LogP contribution >= 0.6 is 35.0 Å². The molecular formula is C15H8Cl3NO. The molecule has 0 aliphatic rings. The minimum Gasteiger partial charge on any atom is -0.287 e. The van der Waals surface area contributed by atoms with Crippen molar-refractivity contribution in [2.75, 3.05) is 0 Å². The third-order valence-electron chi connectivity index (χ3n) is 3.07. The van der Waals surface area contributed by atoms with Gasteiger partial charge >= 0.3 is 0 Å². The Morgan fingerprint density at radius 2 is 1.65 bits per heavy atom. The number of rotatable bonds is 1. The van der Waals surface area contributed by atoms with Crippen molar-refractivity contribution in [1.29, 1.82) is 0 Å². The van der Waals surface area contributed by atoms with Gasteiger partial charge in [-0.1, -0.05) is 53.5 Å². The van der Waals surface area contributed by atoms with E-state index in [0.29, 0.717) is 21.6 Å². The summed E-state index contributed by atoms with van der Waals surface area (Å²) in [5, 5.41) is 0.952. The molecule has 0 bridgehead atoms. The predicted molar refractivity (Wildman–Crippen MR) is 84.9 cm³/mol. The molecule has 0 saturated carbocycles. The van der Waals surface area contributed by atoms with Crippen molar-refractivity contribution in [3.05, 3.63) is 68.8 Å². The van der Waals surface area contributed by atoms with Gasteiger partial charge in [-0.25, -0.2) is 0 Å². The molecule has 2 nitrogen and oxygen atoms in total. The maximum absolute atomic E-state index is 12.4. The normalized spacial score (nSPS) is 10.9. The predicted octanol–water partition coefficient (Wildman–Crippen LogP) is 4.98. The topological polar surface area (TPSA) is 22.0 Å². The third kappa shape index (κ3) is 2.10. The van der Waals surface area contributed by atoms with E-state index in [4.69, 9.17) is 35.0 Å². The third-order valence-corrected chi connectivity index (χ3v) is 4.00. The molecule has 0 atom stereocenters. The molecule has 100 valence electrons. The second-order valence-electron chi connectivity index (χ2n) is 4.30. The lowest BCUT2D eigenvalue weighted by Crippen LogP contribution is -2.09. The largest absolute Gasteiger partial charge is 0.287 e. The lowest BCUT2D eigenvalue weighted by Gasteiger charge is -2.12. The molecular weight excluding hydrogens is 317 g/mol. The van der Waals surface area contributed by atoms with Crippen molar-refractivity contribution in [3.8, 4) is 11.3 Å². The summed E-state index contributed by atoms with van der Waals surface area (Å²) in [5.41, 5.74) is 1.56. The molecule has 3 aromatic rings. The minimum atomic E-state index is -0.278. The molecule has 0 spiro atoms. The first-order valence-electron chi connectivity index (χ1n) is 5.85. The van der Waals surface area contributed by atoms with Crippen molar-refractivity contribution >= 4 is 45.9 Å². The van der Waals surface area contributed by atoms with Gasteiger partial charge in [-0.05, 0) is 18.2 Å². The van der Waals surface area contributed by atoms with E-state index in [9.17, 15) is 4.79 Å². The van der Waals surface area contributed by atoms with Crippen LogP contribution in [0.15, 0.2) is 53.3 Å². The highest BCUT2D eigenvalue weighted by atomic mass is 35.5. The van der Waals surface area contributed by atoms with Crippen LogP contribution in [0.1, 0.15) is 0 Å². The molecule has 0 radical (unpaired) electrons. The molecule has 0 aliphatic carbocycles. The van der Waals surface area contributed by atoms with E-state index in [1.54, 1.807) is 18.2 Å². The molecule has 0 fully saturated rings. The number of hydrogen-bond donors (Lipinski definition) is 0. The fraction of sp³-hybridized carbons (Fsp3) is 0. The summed E-state index contributed by atoms with van der Waals surface area (Å²) in [6.45, 7) is 0. The van der Waals surface area contributed by atoms with E-state index in [-0.39, 0.29) is 10.5 Å². The Morgan fingerprint density at radius 3 is 2.35 bits per heavy atom. The van der Waals surface area contributed by atoms with Gasteiger partial charge in [0, 0.05) is 22.4 Å². The van der Waals surface area contributed by atoms with Crippen LogP contribution in [0.4, 0.5) is 0 Å². The van der Waals surface area contributed by atoms with Crippen molar-refractivity contribution < 1.29 is 0 Å². The van der Waals surface area contributed by atoms with Crippen LogP contribution in [-0.4, -0.2) is 4.09 Å². The van der Waals surface area contributed by atoms with Crippen LogP contribution in [0, 0.1) is 0 Å². The van der Waals surface area contributed by atoms with Crippen LogP contribution < -0.4 is 5.43 Å². The van der Waals surface area contributed by atoms with Gasteiger partial charge in [0.15, 0.2) is 0 Å². The SMILES string of the molecule is O=c1c(Cl)c(-c2ccccc2)n(Cl)c2ccc(Cl)cc12. The van der Waals surface area contributed by atoms with E-state index in [2.05, 4.69) is 0 Å². The van der Waals surface area contributed by atoms with Gasteiger partial charge in [0.2, 0.25) is 5.43 Å². The van der Waals surface area contributed by atoms with E-state index >= 15 is 0 Å². The molecule has 2 aromatic carbocycles. The van der Waals surface area contributed by atoms with Crippen molar-refractivity contribution in [2.24, 2.45) is 0 Å². The van der Waals surface area contributed by atoms with Gasteiger partial charge in [0.25, 0.3) is 0 Å². The Morgan fingerprint density at radius 1 is 0.950 bits per heavy atom. The van der Waals surface area contributed by atoms with Crippen LogP contribution in [-0.2, 0) is 0 Å². The van der Waals surface area contributed by atoms with E-state index in [1.807, 2.05) is 30.3 Å². The fourth-order valence-corrected chi connectivity index (χ4v) is 2.97. The Labute approximate surface area is 130 Å². The number of pyridine rings is 1. The summed E-state index contributed by atoms with van der Waals surface area (Å²) in [7, 11) is 0. The molecule has 20 heavy (non-hydrogen) atoms. The molecule has 0 unspecified atom stereocenters. The van der Waals surface area contributed by atoms with Crippen LogP contribution in [0.25, 0.3) is 22.2 Å². The van der Waals surface area contributed by atoms with E-state index in [0.717, 1.165) is 5.56 Å². The maximum atomic E-state index is 12.4. The highest BCUT2D eigenvalue weighted by molar-refractivity contribution is 6.35. The Bertz CT molecular complexity index is 856. The van der Waals surface area contributed by atoms with Gasteiger partial charge in [-0.2, -0.15) is 0 Å². The average Bonchev–Trinajstić information content (AvgIpc) is 2.46. The summed E-state index contributed by atoms with van der Waals surface area (Å²) >= 11 is 18.5. The Hall–Kier alpha value is -1.48. The van der Waals surface area contributed by atoms with E-state index in [1.165, 1.54) is 4.09 Å². The van der Waals surface area contributed by atoms with Gasteiger partial charge < -0.3 is 0 Å². The number of aromatic nitrogens is 1. The number of benzene rings is 2. The molecule has 0 N–H and O–H groups in total. The number of fused-ring (bicyclic) bond motifs is 1. The summed E-state index contributed by atoms with van der Waals surface area (Å²) < 4.78 is 1.39. The summed E-state index contributed by atoms with van der Waals surface area (Å²) in [5.74, 6) is 0. The molecule has 5 heteroatoms. The summed E-state index contributed by atoms with van der Waals surface area (Å²) in [6.07, 6.45) is 0. The standard InChI is InChI=1S/C15H8Cl3NO/c16-10-6-7-12-11(8-10)15(20)13(17)14(19(12)18)9-4-2-1-3-5-9/h1-8H. The molecule has 0 amide bonds. The van der Waals surface area contributed by atoms with Gasteiger partial charge in [-0.3, -0.25) is 8.88 Å². The van der Waals surface area contributed by atoms with Crippen LogP contribution in [0.2, 0.25) is 10.0 Å². The van der Waals surface area contributed by atoms with Crippen LogP contribution in [0.3, 0.4) is 0 Å². The second-order valence-corrected chi connectivity index (χ2v) is 5.45. The smallest absolute Gasteiger partial charge is 0.208 e. The first-order valence-corrected chi connectivity index (χ1v) is 6.94. The maximum Gasteiger partial charge on any atom is 0.208 e. The molecule has 3 rings (SSSR count). The van der Waals surface area contributed by atoms with Crippen molar-refractivity contribution in [2.45, 2.75) is 0 Å². The number of hydrogen-bond acceptors (Lipinski definition) is 1. The zero-order chi connectivity index (χ0) is 14.3. The molecule has 0 aliphatic heterocycles. The second kappa shape index (κ2) is 5.13. The monoisotopic (exact) mass is 323 g/mol. The first kappa shape index (κ1) is 13.5. The molecule has 1 heterocycles. The number of nitrogens with zero attached hydrogens (tertiary/aromatic N) is 1. The Kier molecular flexibility index (Phi) is 3.47. The summed E-state index contributed by atoms with van der Waals surface area (Å²) in [6, 6.07) is 14.3. The molecule has 1 aromatic heterocycles. The highest BCUT2D eigenvalue weighted by Gasteiger charge is 2.16.